The summed E-state index contributed by atoms with van der Waals surface area (Å²) in [6, 6.07) is 10.3. The Morgan fingerprint density at radius 1 is 1.08 bits per heavy atom. The molecule has 49 heavy (non-hydrogen) atoms. The van der Waals surface area contributed by atoms with Gasteiger partial charge < -0.3 is 49.3 Å². The molecule has 7 rings (SSSR count). The van der Waals surface area contributed by atoms with E-state index in [9.17, 15) is 39.9 Å². The van der Waals surface area contributed by atoms with E-state index in [1.165, 1.54) is 30.0 Å². The number of aliphatic hydroxyl groups excluding tert-OH is 2. The second-order valence-corrected chi connectivity index (χ2v) is 14.1. The molecule has 2 heterocycles. The normalized spacial score (nSPS) is 35.2. The Balaban J connectivity index is 1.28. The van der Waals surface area contributed by atoms with E-state index in [4.69, 9.17) is 14.0 Å². The van der Waals surface area contributed by atoms with Crippen molar-refractivity contribution < 1.29 is 58.4 Å². The summed E-state index contributed by atoms with van der Waals surface area (Å²) in [7, 11) is 4.65. The summed E-state index contributed by atoms with van der Waals surface area (Å²) in [6.45, 7) is 0.848. The third kappa shape index (κ3) is 4.33. The molecule has 0 unspecified atom stereocenters. The average Bonchev–Trinajstić information content (AvgIpc) is 3.61. The number of likely N-dealkylation sites (N-methyl/N-ethyl adjacent to an activating group) is 1. The molecule has 5 aliphatic rings. The highest BCUT2D eigenvalue weighted by Crippen LogP contribution is 2.57. The zero-order chi connectivity index (χ0) is 35.3. The molecule has 0 aromatic heterocycles. The lowest BCUT2D eigenvalue weighted by atomic mass is 9.54. The fourth-order valence-electron chi connectivity index (χ4n) is 9.06. The number of carbonyl (C=O) groups is 3. The van der Waals surface area contributed by atoms with E-state index in [2.05, 4.69) is 5.32 Å². The average molecular weight is 678 g/mol. The Labute approximate surface area is 282 Å². The van der Waals surface area contributed by atoms with Crippen molar-refractivity contribution in [3.05, 3.63) is 70.5 Å². The van der Waals surface area contributed by atoms with Crippen LogP contribution in [0.1, 0.15) is 24.5 Å². The first-order valence-electron chi connectivity index (χ1n) is 16.3. The summed E-state index contributed by atoms with van der Waals surface area (Å²) in [6.07, 6.45) is -0.225. The number of hydrogen-bond acceptors (Lipinski definition) is 12. The number of benzene rings is 2. The van der Waals surface area contributed by atoms with Crippen LogP contribution in [-0.4, -0.2) is 125 Å². The molecule has 1 amide bonds. The van der Waals surface area contributed by atoms with Gasteiger partial charge in [-0.2, -0.15) is 0 Å². The van der Waals surface area contributed by atoms with Crippen molar-refractivity contribution in [2.75, 3.05) is 54.2 Å². The number of nitrogens with one attached hydrogen (secondary N) is 1. The van der Waals surface area contributed by atoms with Crippen molar-refractivity contribution in [1.82, 2.24) is 10.2 Å². The van der Waals surface area contributed by atoms with Gasteiger partial charge in [-0.1, -0.05) is 29.7 Å². The zero-order valence-corrected chi connectivity index (χ0v) is 27.7. The van der Waals surface area contributed by atoms with Gasteiger partial charge in [-0.3, -0.25) is 19.3 Å². The Morgan fingerprint density at radius 2 is 1.76 bits per heavy atom. The first-order chi connectivity index (χ1) is 23.2. The van der Waals surface area contributed by atoms with E-state index in [-0.39, 0.29) is 28.6 Å². The lowest BCUT2D eigenvalue weighted by molar-refractivity contribution is -0.822. The molecular weight excluding hydrogens is 637 g/mol. The van der Waals surface area contributed by atoms with Crippen LogP contribution in [0, 0.1) is 11.8 Å². The number of nitrogens with zero attached hydrogens (tertiary/aromatic N) is 2. The standard InChI is InChI=1S/C34H40BN3O11/c1-33(45)20-9-6-10-23(39)24(20)28(40)25-21(33)16-22-27(37(2)3)29(41)26(31(43)34(22,46)30(25)42)32(44)36-17-38-11-13-48-35(38,49-14-12-38)18-7-5-8-19(15-18)47-4/h5-10,15,21-22,27,39-40,43,45-46H,11-14,16-17H2,1-4H3,(H,36,44)/t21-,22+,27-,33-,34-,35?,38?/m1/s1. The predicted molar refractivity (Wildman–Crippen MR) is 174 cm³/mol. The quantitative estimate of drug-likeness (QED) is 0.177. The molecule has 2 aromatic carbocycles. The Hall–Kier alpha value is -4.25. The van der Waals surface area contributed by atoms with Crippen molar-refractivity contribution in [1.29, 1.82) is 0 Å². The van der Waals surface area contributed by atoms with Gasteiger partial charge in [-0.05, 0) is 51.2 Å². The maximum absolute atomic E-state index is 14.4. The Bertz CT molecular complexity index is 1850. The molecule has 2 aromatic rings. The molecule has 2 saturated heterocycles. The molecule has 260 valence electrons. The van der Waals surface area contributed by atoms with E-state index < -0.39 is 81.7 Å². The van der Waals surface area contributed by atoms with Gasteiger partial charge in [0.2, 0.25) is 5.78 Å². The van der Waals surface area contributed by atoms with Gasteiger partial charge in [-0.15, -0.1) is 0 Å². The summed E-state index contributed by atoms with van der Waals surface area (Å²) in [5, 5.41) is 60.4. The second kappa shape index (κ2) is 11.1. The third-order valence-electron chi connectivity index (χ3n) is 11.6. The minimum absolute atomic E-state index is 0.0600. The highest BCUT2D eigenvalue weighted by Gasteiger charge is 2.67. The highest BCUT2D eigenvalue weighted by atomic mass is 16.6. The molecule has 5 atom stereocenters. The lowest BCUT2D eigenvalue weighted by Crippen LogP contribution is -2.72. The van der Waals surface area contributed by atoms with Crippen LogP contribution in [0.15, 0.2) is 59.4 Å². The van der Waals surface area contributed by atoms with Crippen molar-refractivity contribution in [2.24, 2.45) is 11.8 Å². The van der Waals surface area contributed by atoms with Gasteiger partial charge in [0.1, 0.15) is 35.3 Å². The molecule has 14 nitrogen and oxygen atoms in total. The number of ketones is 2. The summed E-state index contributed by atoms with van der Waals surface area (Å²) >= 11 is 0. The van der Waals surface area contributed by atoms with Crippen LogP contribution in [-0.2, 0) is 29.3 Å². The molecule has 0 radical (unpaired) electrons. The van der Waals surface area contributed by atoms with Crippen LogP contribution >= 0.6 is 0 Å². The van der Waals surface area contributed by atoms with Crippen LogP contribution < -0.4 is 15.5 Å². The number of phenols is 1. The van der Waals surface area contributed by atoms with Crippen LogP contribution in [0.3, 0.4) is 0 Å². The number of methoxy groups -OCH3 is 1. The Kier molecular flexibility index (Phi) is 7.56. The molecule has 3 aliphatic carbocycles. The van der Waals surface area contributed by atoms with E-state index in [0.717, 1.165) is 5.46 Å². The van der Waals surface area contributed by atoms with Gasteiger partial charge in [0.05, 0.1) is 50.6 Å². The zero-order valence-electron chi connectivity index (χ0n) is 27.7. The number of fused-ring (bicyclic) bond motifs is 4. The molecule has 0 spiro atoms. The number of aliphatic hydroxyl groups is 4. The number of aromatic hydroxyl groups is 1. The number of rotatable bonds is 6. The largest absolute Gasteiger partial charge is 0.508 e. The minimum atomic E-state index is -2.82. The van der Waals surface area contributed by atoms with Gasteiger partial charge in [0.15, 0.2) is 11.4 Å². The van der Waals surface area contributed by atoms with E-state index >= 15 is 0 Å². The van der Waals surface area contributed by atoms with Crippen molar-refractivity contribution in [3.8, 4) is 11.5 Å². The van der Waals surface area contributed by atoms with Crippen LogP contribution in [0.25, 0.3) is 5.76 Å². The molecule has 1 saturated carbocycles. The fraction of sp³-hybridized carbons (Fsp3) is 0.441. The van der Waals surface area contributed by atoms with E-state index in [0.29, 0.717) is 32.1 Å². The molecule has 0 bridgehead atoms. The number of hydrogen-bond donors (Lipinski definition) is 6. The van der Waals surface area contributed by atoms with Gasteiger partial charge in [0, 0.05) is 17.4 Å². The maximum atomic E-state index is 14.4. The predicted octanol–water partition coefficient (Wildman–Crippen LogP) is -0.0507. The lowest BCUT2D eigenvalue weighted by Gasteiger charge is -2.53. The smallest absolute Gasteiger partial charge is 0.504 e. The van der Waals surface area contributed by atoms with E-state index in [1.54, 1.807) is 27.3 Å². The topological polar surface area (TPSA) is 195 Å². The van der Waals surface area contributed by atoms with Crippen molar-refractivity contribution in [3.63, 3.8) is 0 Å². The van der Waals surface area contributed by atoms with E-state index in [1.807, 2.05) is 18.2 Å². The summed E-state index contributed by atoms with van der Waals surface area (Å²) < 4.78 is 18.1. The molecule has 3 fully saturated rings. The van der Waals surface area contributed by atoms with Crippen LogP contribution in [0.5, 0.6) is 11.5 Å². The Morgan fingerprint density at radius 3 is 2.41 bits per heavy atom. The van der Waals surface area contributed by atoms with Gasteiger partial charge in [0.25, 0.3) is 5.91 Å². The number of ether oxygens (including phenoxy) is 1. The monoisotopic (exact) mass is 677 g/mol. The number of phenolic OH excluding ortho intramolecular Hbond substituents is 1. The highest BCUT2D eigenvalue weighted by molar-refractivity contribution is 6.75. The maximum Gasteiger partial charge on any atom is 0.504 e. The van der Waals surface area contributed by atoms with Crippen molar-refractivity contribution in [2.45, 2.75) is 30.6 Å². The SMILES string of the molecule is COc1cccc([B-]23OCC[N+]2(CNC(=O)C2=C(O)[C@]4(O)C(=O)C5=C(O)c6c(O)cccc6[C@@](C)(O)[C@@H]5C[C@H]4[C@@H](N(C)C)C2=O)CCO3)c1. The number of Topliss-reactive ketones (excluding diaryl/α,β-unsaturated/α-hetero) is 2. The van der Waals surface area contributed by atoms with Crippen LogP contribution in [0.2, 0.25) is 0 Å². The first kappa shape index (κ1) is 33.3. The number of quaternary nitrogens is 1. The first-order valence-corrected chi connectivity index (χ1v) is 16.3. The molecular formula is C34H40BN3O11. The number of carbonyl (C=O) groups excluding carboxylic acids is 3. The summed E-state index contributed by atoms with van der Waals surface area (Å²) in [4.78, 5) is 44.0. The second-order valence-electron chi connectivity index (χ2n) is 14.1. The summed E-state index contributed by atoms with van der Waals surface area (Å²) in [5.41, 5.74) is -5.11. The van der Waals surface area contributed by atoms with Crippen LogP contribution in [0.4, 0.5) is 0 Å². The molecule has 6 N–H and O–H groups in total. The number of amides is 1. The van der Waals surface area contributed by atoms with Gasteiger partial charge >= 0.3 is 6.69 Å². The minimum Gasteiger partial charge on any atom is -0.508 e. The fourth-order valence-corrected chi connectivity index (χ4v) is 9.06. The van der Waals surface area contributed by atoms with Crippen molar-refractivity contribution >= 4 is 35.4 Å². The molecule has 15 heteroatoms. The summed E-state index contributed by atoms with van der Waals surface area (Å²) in [5.74, 6) is -7.02. The third-order valence-corrected chi connectivity index (χ3v) is 11.6. The van der Waals surface area contributed by atoms with Gasteiger partial charge in [-0.25, -0.2) is 0 Å². The molecule has 2 aliphatic heterocycles.